The summed E-state index contributed by atoms with van der Waals surface area (Å²) in [6.07, 6.45) is 16.1. The van der Waals surface area contributed by atoms with Gasteiger partial charge in [0.15, 0.2) is 5.96 Å². The van der Waals surface area contributed by atoms with Crippen LogP contribution < -0.4 is 22.5 Å². The summed E-state index contributed by atoms with van der Waals surface area (Å²) in [7, 11) is 0. The number of primary amides is 1. The van der Waals surface area contributed by atoms with E-state index < -0.39 is 18.0 Å². The number of carbonyl (C=O) groups excluding carboxylic acids is 2. The van der Waals surface area contributed by atoms with Gasteiger partial charge in [-0.05, 0) is 104 Å². The molecule has 8 nitrogen and oxygen atoms in total. The van der Waals surface area contributed by atoms with Crippen molar-refractivity contribution in [2.75, 3.05) is 6.54 Å². The van der Waals surface area contributed by atoms with Crippen LogP contribution in [0.5, 0.6) is 0 Å². The third kappa shape index (κ3) is 7.10. The van der Waals surface area contributed by atoms with Gasteiger partial charge in [-0.25, -0.2) is 4.79 Å². The lowest BCUT2D eigenvalue weighted by Crippen LogP contribution is -2.51. The van der Waals surface area contributed by atoms with Gasteiger partial charge >= 0.3 is 6.09 Å². The summed E-state index contributed by atoms with van der Waals surface area (Å²) in [5.74, 6) is 4.25. The number of allylic oxidation sites excluding steroid dienone is 1. The van der Waals surface area contributed by atoms with Crippen molar-refractivity contribution < 1.29 is 14.3 Å². The van der Waals surface area contributed by atoms with Crippen LogP contribution in [0.1, 0.15) is 118 Å². The summed E-state index contributed by atoms with van der Waals surface area (Å²) < 4.78 is 5.85. The summed E-state index contributed by atoms with van der Waals surface area (Å²) in [5.41, 5.74) is 18.4. The van der Waals surface area contributed by atoms with Crippen molar-refractivity contribution in [3.05, 3.63) is 11.6 Å². The first-order valence-corrected chi connectivity index (χ1v) is 16.9. The van der Waals surface area contributed by atoms with Crippen LogP contribution in [0.3, 0.4) is 0 Å². The van der Waals surface area contributed by atoms with Crippen LogP contribution in [0.4, 0.5) is 4.79 Å². The Morgan fingerprint density at radius 2 is 1.76 bits per heavy atom. The second-order valence-corrected chi connectivity index (χ2v) is 15.1. The molecule has 0 aromatic heterocycles. The highest BCUT2D eigenvalue weighted by molar-refractivity contribution is 5.84. The van der Waals surface area contributed by atoms with Crippen LogP contribution >= 0.6 is 0 Å². The number of rotatable bonds is 12. The molecule has 0 spiro atoms. The maximum atomic E-state index is 12.8. The summed E-state index contributed by atoms with van der Waals surface area (Å²) in [5, 5.41) is 2.67. The largest absolute Gasteiger partial charge is 0.446 e. The van der Waals surface area contributed by atoms with E-state index in [9.17, 15) is 9.59 Å². The van der Waals surface area contributed by atoms with Gasteiger partial charge in [-0.3, -0.25) is 9.79 Å². The molecule has 0 aromatic rings. The molecule has 3 fully saturated rings. The SMILES string of the molecule is CC(C)CCC[C@@H](C)[C@H]1CC[C@H]2[C@@H]3CC=C4C[C@@H](OC(=O)N[C@@H](CCCN=C(N)N)C(N)=O)CC[C@]4(C)[C@H]3CC[C@]12C. The quantitative estimate of drug-likeness (QED) is 0.0956. The van der Waals surface area contributed by atoms with Gasteiger partial charge in [0.25, 0.3) is 0 Å². The van der Waals surface area contributed by atoms with Gasteiger partial charge < -0.3 is 27.3 Å². The molecule has 0 heterocycles. The van der Waals surface area contributed by atoms with Crippen molar-refractivity contribution in [2.45, 2.75) is 130 Å². The van der Waals surface area contributed by atoms with Crippen molar-refractivity contribution in [1.29, 1.82) is 0 Å². The molecular weight excluding hydrogens is 526 g/mol. The number of alkyl carbamates (subject to hydrolysis) is 1. The van der Waals surface area contributed by atoms with E-state index in [0.717, 1.165) is 54.8 Å². The first-order chi connectivity index (χ1) is 19.8. The number of hydrogen-bond donors (Lipinski definition) is 4. The minimum atomic E-state index is -0.806. The van der Waals surface area contributed by atoms with Crippen LogP contribution in [0.25, 0.3) is 0 Å². The standard InChI is InChI=1S/C34H59N5O3/c1-21(2)8-6-9-22(3)26-13-14-27-25-12-11-23-20-24(15-17-33(23,4)28(25)16-18-34(26,27)5)42-32(41)39-29(30(35)40)10-7-19-38-31(36)37/h11,21-22,24-29H,6-10,12-20H2,1-5H3,(H2,35,40)(H,39,41)(H4,36,37,38)/t22-,24+,25+,26-,27+,28+,29+,33+,34-/m1/s1. The molecule has 0 bridgehead atoms. The van der Waals surface area contributed by atoms with E-state index in [2.05, 4.69) is 51.0 Å². The normalized spacial score (nSPS) is 35.2. The maximum Gasteiger partial charge on any atom is 0.408 e. The molecule has 0 unspecified atom stereocenters. The molecule has 42 heavy (non-hydrogen) atoms. The topological polar surface area (TPSA) is 146 Å². The summed E-state index contributed by atoms with van der Waals surface area (Å²) in [6.45, 7) is 12.8. The number of nitrogens with two attached hydrogens (primary N) is 3. The molecule has 0 aromatic carbocycles. The Morgan fingerprint density at radius 3 is 2.45 bits per heavy atom. The predicted molar refractivity (Wildman–Crippen MR) is 169 cm³/mol. The number of fused-ring (bicyclic) bond motifs is 5. The fraction of sp³-hybridized carbons (Fsp3) is 0.853. The van der Waals surface area contributed by atoms with Crippen molar-refractivity contribution in [3.63, 3.8) is 0 Å². The highest BCUT2D eigenvalue weighted by Crippen LogP contribution is 2.67. The van der Waals surface area contributed by atoms with E-state index in [1.165, 1.54) is 56.9 Å². The molecule has 0 aliphatic heterocycles. The molecule has 4 aliphatic rings. The summed E-state index contributed by atoms with van der Waals surface area (Å²) >= 11 is 0. The Kier molecular flexibility index (Phi) is 10.6. The van der Waals surface area contributed by atoms with Gasteiger partial charge in [0.2, 0.25) is 5.91 Å². The number of nitrogens with one attached hydrogen (secondary N) is 1. The lowest BCUT2D eigenvalue weighted by molar-refractivity contribution is -0.120. The number of carbonyl (C=O) groups is 2. The van der Waals surface area contributed by atoms with E-state index in [4.69, 9.17) is 21.9 Å². The van der Waals surface area contributed by atoms with E-state index in [-0.39, 0.29) is 17.5 Å². The molecule has 3 saturated carbocycles. The molecule has 7 N–H and O–H groups in total. The minimum Gasteiger partial charge on any atom is -0.446 e. The zero-order chi connectivity index (χ0) is 30.7. The Bertz CT molecular complexity index is 1020. The van der Waals surface area contributed by atoms with E-state index in [1.54, 1.807) is 0 Å². The molecule has 0 radical (unpaired) electrons. The zero-order valence-electron chi connectivity index (χ0n) is 27.0. The van der Waals surface area contributed by atoms with Gasteiger partial charge in [-0.1, -0.05) is 65.5 Å². The van der Waals surface area contributed by atoms with Crippen LogP contribution in [0.15, 0.2) is 16.6 Å². The second kappa shape index (κ2) is 13.6. The molecule has 238 valence electrons. The Morgan fingerprint density at radius 1 is 1.00 bits per heavy atom. The smallest absolute Gasteiger partial charge is 0.408 e. The van der Waals surface area contributed by atoms with E-state index >= 15 is 0 Å². The molecule has 4 aliphatic carbocycles. The number of ether oxygens (including phenoxy) is 1. The highest BCUT2D eigenvalue weighted by atomic mass is 16.6. The predicted octanol–water partition coefficient (Wildman–Crippen LogP) is 6.03. The number of amides is 2. The average molecular weight is 586 g/mol. The molecule has 4 rings (SSSR count). The average Bonchev–Trinajstić information content (AvgIpc) is 3.27. The van der Waals surface area contributed by atoms with Gasteiger partial charge in [-0.15, -0.1) is 0 Å². The minimum absolute atomic E-state index is 0.00225. The van der Waals surface area contributed by atoms with Crippen molar-refractivity contribution in [3.8, 4) is 0 Å². The lowest BCUT2D eigenvalue weighted by atomic mass is 9.47. The number of guanidine groups is 1. The van der Waals surface area contributed by atoms with Crippen LogP contribution in [-0.4, -0.2) is 36.7 Å². The third-order valence-electron chi connectivity index (χ3n) is 12.1. The summed E-state index contributed by atoms with van der Waals surface area (Å²) in [6, 6.07) is -0.806. The van der Waals surface area contributed by atoms with E-state index in [1.807, 2.05) is 0 Å². The molecular formula is C34H59N5O3. The van der Waals surface area contributed by atoms with Crippen molar-refractivity contribution in [2.24, 2.45) is 68.5 Å². The van der Waals surface area contributed by atoms with Crippen LogP contribution in [0, 0.1) is 46.3 Å². The molecule has 0 saturated heterocycles. The molecule has 8 heteroatoms. The Hall–Kier alpha value is -2.25. The van der Waals surface area contributed by atoms with Crippen LogP contribution in [-0.2, 0) is 9.53 Å². The third-order valence-corrected chi connectivity index (χ3v) is 12.1. The number of hydrogen-bond acceptors (Lipinski definition) is 4. The van der Waals surface area contributed by atoms with Gasteiger partial charge in [-0.2, -0.15) is 0 Å². The summed E-state index contributed by atoms with van der Waals surface area (Å²) in [4.78, 5) is 28.6. The first kappa shape index (κ1) is 32.7. The zero-order valence-corrected chi connectivity index (χ0v) is 27.0. The van der Waals surface area contributed by atoms with E-state index in [0.29, 0.717) is 24.8 Å². The fourth-order valence-electron chi connectivity index (χ4n) is 9.87. The molecule has 9 atom stereocenters. The van der Waals surface area contributed by atoms with Gasteiger partial charge in [0, 0.05) is 13.0 Å². The number of aliphatic imine (C=N–C) groups is 1. The first-order valence-electron chi connectivity index (χ1n) is 16.9. The maximum absolute atomic E-state index is 12.8. The fourth-order valence-corrected chi connectivity index (χ4v) is 9.87. The van der Waals surface area contributed by atoms with Crippen molar-refractivity contribution >= 4 is 18.0 Å². The monoisotopic (exact) mass is 585 g/mol. The van der Waals surface area contributed by atoms with Gasteiger partial charge in [0.1, 0.15) is 12.1 Å². The van der Waals surface area contributed by atoms with Gasteiger partial charge in [0.05, 0.1) is 0 Å². The van der Waals surface area contributed by atoms with Crippen molar-refractivity contribution in [1.82, 2.24) is 5.32 Å². The van der Waals surface area contributed by atoms with Crippen LogP contribution in [0.2, 0.25) is 0 Å². The Balaban J connectivity index is 1.34. The highest BCUT2D eigenvalue weighted by Gasteiger charge is 2.59. The molecule has 2 amide bonds. The Labute approximate surface area is 254 Å². The lowest BCUT2D eigenvalue weighted by Gasteiger charge is -2.58. The second-order valence-electron chi connectivity index (χ2n) is 15.1. The number of nitrogens with zero attached hydrogens (tertiary/aromatic N) is 1.